The Morgan fingerprint density at radius 3 is 2.20 bits per heavy atom. The van der Waals surface area contributed by atoms with Crippen molar-refractivity contribution in [3.05, 3.63) is 71.8 Å². The molecular weight excluding hydrogens is 396 g/mol. The van der Waals surface area contributed by atoms with Crippen LogP contribution >= 0.6 is 0 Å². The van der Waals surface area contributed by atoms with Gasteiger partial charge in [-0.25, -0.2) is 13.7 Å². The molecule has 0 spiro atoms. The van der Waals surface area contributed by atoms with E-state index in [9.17, 15) is 9.00 Å². The SMILES string of the molecule is CC(C)(C)[S@@](=O)N[C@@H](c1ccccc1)C1CCN(C(=O)OCc2ccccc2)CC1. The molecule has 1 N–H and O–H groups in total. The predicted molar refractivity (Wildman–Crippen MR) is 121 cm³/mol. The number of benzene rings is 2. The van der Waals surface area contributed by atoms with Crippen LogP contribution in [0.3, 0.4) is 0 Å². The number of carbonyl (C=O) groups excluding carboxylic acids is 1. The van der Waals surface area contributed by atoms with Crippen LogP contribution in [0.1, 0.15) is 50.8 Å². The zero-order chi connectivity index (χ0) is 21.6. The van der Waals surface area contributed by atoms with E-state index in [0.717, 1.165) is 24.0 Å². The lowest BCUT2D eigenvalue weighted by atomic mass is 9.86. The Labute approximate surface area is 182 Å². The van der Waals surface area contributed by atoms with Crippen LogP contribution in [-0.2, 0) is 22.3 Å². The Kier molecular flexibility index (Phi) is 7.67. The van der Waals surface area contributed by atoms with Crippen molar-refractivity contribution in [3.8, 4) is 0 Å². The molecule has 1 aliphatic rings. The lowest BCUT2D eigenvalue weighted by molar-refractivity contribution is 0.0791. The van der Waals surface area contributed by atoms with Gasteiger partial charge < -0.3 is 9.64 Å². The van der Waals surface area contributed by atoms with Crippen LogP contribution in [0, 0.1) is 5.92 Å². The van der Waals surface area contributed by atoms with Gasteiger partial charge in [0.25, 0.3) is 0 Å². The Balaban J connectivity index is 1.59. The first-order chi connectivity index (χ1) is 14.3. The van der Waals surface area contributed by atoms with Crippen molar-refractivity contribution >= 4 is 17.1 Å². The van der Waals surface area contributed by atoms with Crippen molar-refractivity contribution in [1.29, 1.82) is 0 Å². The summed E-state index contributed by atoms with van der Waals surface area (Å²) >= 11 is 0. The maximum atomic E-state index is 12.8. The van der Waals surface area contributed by atoms with Crippen molar-refractivity contribution in [3.63, 3.8) is 0 Å². The van der Waals surface area contributed by atoms with E-state index in [1.165, 1.54) is 0 Å². The quantitative estimate of drug-likeness (QED) is 0.717. The topological polar surface area (TPSA) is 58.6 Å². The number of piperidine rings is 1. The van der Waals surface area contributed by atoms with E-state index < -0.39 is 11.0 Å². The second-order valence-electron chi connectivity index (χ2n) is 8.75. The highest BCUT2D eigenvalue weighted by Crippen LogP contribution is 2.32. The van der Waals surface area contributed by atoms with E-state index in [0.29, 0.717) is 25.6 Å². The lowest BCUT2D eigenvalue weighted by Crippen LogP contribution is -2.44. The minimum absolute atomic E-state index is 0.00579. The van der Waals surface area contributed by atoms with Crippen LogP contribution in [0.15, 0.2) is 60.7 Å². The number of hydrogen-bond donors (Lipinski definition) is 1. The number of ether oxygens (including phenoxy) is 1. The number of amides is 1. The highest BCUT2D eigenvalue weighted by molar-refractivity contribution is 7.84. The van der Waals surface area contributed by atoms with Gasteiger partial charge in [-0.1, -0.05) is 60.7 Å². The number of rotatable bonds is 6. The minimum Gasteiger partial charge on any atom is -0.445 e. The Bertz CT molecular complexity index is 829. The summed E-state index contributed by atoms with van der Waals surface area (Å²) in [6.45, 7) is 7.51. The van der Waals surface area contributed by atoms with E-state index >= 15 is 0 Å². The number of carbonyl (C=O) groups is 1. The molecule has 2 atom stereocenters. The second-order valence-corrected chi connectivity index (χ2v) is 10.7. The molecule has 3 rings (SSSR count). The number of likely N-dealkylation sites (tertiary alicyclic amines) is 1. The van der Waals surface area contributed by atoms with Gasteiger partial charge in [-0.3, -0.25) is 0 Å². The third-order valence-corrected chi connectivity index (χ3v) is 7.00. The van der Waals surface area contributed by atoms with Gasteiger partial charge in [0.2, 0.25) is 0 Å². The summed E-state index contributed by atoms with van der Waals surface area (Å²) in [4.78, 5) is 14.2. The van der Waals surface area contributed by atoms with Crippen LogP contribution in [0.4, 0.5) is 4.79 Å². The Morgan fingerprint density at radius 2 is 1.63 bits per heavy atom. The van der Waals surface area contributed by atoms with Gasteiger partial charge in [-0.15, -0.1) is 0 Å². The standard InChI is InChI=1S/C24H32N2O3S/c1-24(2,3)30(28)25-22(20-12-8-5-9-13-20)21-14-16-26(17-15-21)23(27)29-18-19-10-6-4-7-11-19/h4-13,21-22,25H,14-18H2,1-3H3/t22-,30+/m0/s1. The molecule has 0 aliphatic carbocycles. The highest BCUT2D eigenvalue weighted by atomic mass is 32.2. The molecule has 1 aliphatic heterocycles. The average molecular weight is 429 g/mol. The first kappa shape index (κ1) is 22.5. The minimum atomic E-state index is -1.17. The summed E-state index contributed by atoms with van der Waals surface area (Å²) < 4.78 is 21.3. The molecule has 30 heavy (non-hydrogen) atoms. The van der Waals surface area contributed by atoms with E-state index in [1.54, 1.807) is 4.90 Å². The zero-order valence-electron chi connectivity index (χ0n) is 18.0. The highest BCUT2D eigenvalue weighted by Gasteiger charge is 2.32. The lowest BCUT2D eigenvalue weighted by Gasteiger charge is -2.37. The summed E-state index contributed by atoms with van der Waals surface area (Å²) in [5.74, 6) is 0.303. The maximum Gasteiger partial charge on any atom is 0.410 e. The molecule has 1 fully saturated rings. The van der Waals surface area contributed by atoms with E-state index in [-0.39, 0.29) is 16.9 Å². The second kappa shape index (κ2) is 10.2. The van der Waals surface area contributed by atoms with Crippen LogP contribution in [0.25, 0.3) is 0 Å². The molecule has 2 aromatic rings. The molecule has 162 valence electrons. The normalized spacial score (nSPS) is 17.4. The molecule has 0 radical (unpaired) electrons. The van der Waals surface area contributed by atoms with Crippen molar-refractivity contribution in [1.82, 2.24) is 9.62 Å². The van der Waals surface area contributed by atoms with Crippen molar-refractivity contribution in [2.75, 3.05) is 13.1 Å². The monoisotopic (exact) mass is 428 g/mol. The van der Waals surface area contributed by atoms with Crippen molar-refractivity contribution in [2.24, 2.45) is 5.92 Å². The van der Waals surface area contributed by atoms with Gasteiger partial charge in [0.05, 0.1) is 15.7 Å². The van der Waals surface area contributed by atoms with E-state index in [2.05, 4.69) is 16.9 Å². The average Bonchev–Trinajstić information content (AvgIpc) is 2.76. The predicted octanol–water partition coefficient (Wildman–Crippen LogP) is 4.83. The summed E-state index contributed by atoms with van der Waals surface area (Å²) in [5.41, 5.74) is 2.12. The molecule has 1 amide bonds. The molecule has 0 saturated carbocycles. The van der Waals surface area contributed by atoms with Crippen molar-refractivity contribution in [2.45, 2.75) is 51.0 Å². The Hall–Kier alpha value is -2.18. The summed E-state index contributed by atoms with van der Waals surface area (Å²) in [6, 6.07) is 19.9. The third kappa shape index (κ3) is 6.16. The fourth-order valence-electron chi connectivity index (χ4n) is 3.61. The van der Waals surface area contributed by atoms with Crippen molar-refractivity contribution < 1.29 is 13.7 Å². The maximum absolute atomic E-state index is 12.8. The molecule has 1 heterocycles. The number of nitrogens with one attached hydrogen (secondary N) is 1. The molecule has 5 nitrogen and oxygen atoms in total. The number of nitrogens with zero attached hydrogens (tertiary/aromatic N) is 1. The molecule has 1 saturated heterocycles. The molecular formula is C24H32N2O3S. The van der Waals surface area contributed by atoms with E-state index in [4.69, 9.17) is 4.74 Å². The smallest absolute Gasteiger partial charge is 0.410 e. The molecule has 2 aromatic carbocycles. The van der Waals surface area contributed by atoms with Gasteiger partial charge in [0.15, 0.2) is 0 Å². The molecule has 0 bridgehead atoms. The largest absolute Gasteiger partial charge is 0.445 e. The molecule has 0 aromatic heterocycles. The summed E-state index contributed by atoms with van der Waals surface area (Å²) in [5, 5.41) is 0. The first-order valence-electron chi connectivity index (χ1n) is 10.5. The summed E-state index contributed by atoms with van der Waals surface area (Å²) in [6.07, 6.45) is 1.42. The van der Waals surface area contributed by atoms with Gasteiger partial charge in [-0.05, 0) is 50.7 Å². The van der Waals surface area contributed by atoms with Crippen LogP contribution < -0.4 is 4.72 Å². The molecule has 6 heteroatoms. The fourth-order valence-corrected chi connectivity index (χ4v) is 4.53. The molecule has 0 unspecified atom stereocenters. The summed E-state index contributed by atoms with van der Waals surface area (Å²) in [7, 11) is -1.17. The van der Waals surface area contributed by atoms with E-state index in [1.807, 2.05) is 69.3 Å². The van der Waals surface area contributed by atoms with Gasteiger partial charge in [0, 0.05) is 19.1 Å². The number of hydrogen-bond acceptors (Lipinski definition) is 3. The third-order valence-electron chi connectivity index (χ3n) is 5.42. The Morgan fingerprint density at radius 1 is 1.07 bits per heavy atom. The fraction of sp³-hybridized carbons (Fsp3) is 0.458. The van der Waals surface area contributed by atoms with Gasteiger partial charge >= 0.3 is 6.09 Å². The van der Waals surface area contributed by atoms with Gasteiger partial charge in [0.1, 0.15) is 6.61 Å². The van der Waals surface area contributed by atoms with Crippen LogP contribution in [0.5, 0.6) is 0 Å². The first-order valence-corrected chi connectivity index (χ1v) is 11.7. The van der Waals surface area contributed by atoms with Crippen LogP contribution in [-0.4, -0.2) is 33.0 Å². The van der Waals surface area contributed by atoms with Crippen LogP contribution in [0.2, 0.25) is 0 Å². The zero-order valence-corrected chi connectivity index (χ0v) is 18.9. The van der Waals surface area contributed by atoms with Gasteiger partial charge in [-0.2, -0.15) is 0 Å².